The number of nitrogens with zero attached hydrogens (tertiary/aromatic N) is 3. The third-order valence-electron chi connectivity index (χ3n) is 4.10. The fourth-order valence-electron chi connectivity index (χ4n) is 2.71. The molecule has 0 bridgehead atoms. The zero-order valence-corrected chi connectivity index (χ0v) is 16.4. The Morgan fingerprint density at radius 3 is 2.80 bits per heavy atom. The predicted octanol–water partition coefficient (Wildman–Crippen LogP) is 4.50. The quantitative estimate of drug-likeness (QED) is 0.473. The number of halogens is 2. The molecule has 0 unspecified atom stereocenters. The maximum Gasteiger partial charge on any atom is 0.268 e. The van der Waals surface area contributed by atoms with Crippen molar-refractivity contribution in [1.29, 1.82) is 0 Å². The van der Waals surface area contributed by atoms with E-state index in [0.717, 1.165) is 11.1 Å². The largest absolute Gasteiger partial charge is 0.486 e. The van der Waals surface area contributed by atoms with Gasteiger partial charge in [-0.25, -0.2) is 18.4 Å². The number of hydrogen-bond donors (Lipinski definition) is 1. The minimum absolute atomic E-state index is 0.144. The lowest BCUT2D eigenvalue weighted by Crippen LogP contribution is -2.12. The van der Waals surface area contributed by atoms with E-state index in [-0.39, 0.29) is 30.0 Å². The molecular formula is C21H16F2N4O2S. The third-order valence-corrected chi connectivity index (χ3v) is 5.08. The molecule has 0 aliphatic heterocycles. The van der Waals surface area contributed by atoms with Gasteiger partial charge in [0.05, 0.1) is 11.4 Å². The molecule has 0 radical (unpaired) electrons. The first-order chi connectivity index (χ1) is 14.6. The van der Waals surface area contributed by atoms with Crippen molar-refractivity contribution in [2.24, 2.45) is 0 Å². The Balaban J connectivity index is 1.34. The Morgan fingerprint density at radius 1 is 1.10 bits per heavy atom. The second-order valence-corrected chi connectivity index (χ2v) is 7.30. The average Bonchev–Trinajstić information content (AvgIpc) is 3.37. The summed E-state index contributed by atoms with van der Waals surface area (Å²) in [6, 6.07) is 14.0. The molecule has 0 fully saturated rings. The Labute approximate surface area is 174 Å². The molecule has 9 heteroatoms. The van der Waals surface area contributed by atoms with E-state index in [1.165, 1.54) is 40.5 Å². The van der Waals surface area contributed by atoms with Gasteiger partial charge in [0.1, 0.15) is 18.8 Å². The third kappa shape index (κ3) is 4.87. The van der Waals surface area contributed by atoms with Crippen molar-refractivity contribution in [3.8, 4) is 5.75 Å². The smallest absolute Gasteiger partial charge is 0.268 e. The molecule has 0 saturated carbocycles. The number of thiophene rings is 1. The molecule has 6 nitrogen and oxygen atoms in total. The van der Waals surface area contributed by atoms with Crippen molar-refractivity contribution in [3.05, 3.63) is 93.9 Å². The number of carbonyl (C=O) groups is 1. The molecule has 0 aliphatic rings. The zero-order chi connectivity index (χ0) is 20.9. The van der Waals surface area contributed by atoms with E-state index in [0.29, 0.717) is 11.4 Å². The number of anilines is 1. The number of carbonyl (C=O) groups excluding carboxylic acids is 1. The van der Waals surface area contributed by atoms with Crippen molar-refractivity contribution in [2.75, 3.05) is 5.32 Å². The molecular weight excluding hydrogens is 410 g/mol. The lowest BCUT2D eigenvalue weighted by atomic mass is 10.2. The maximum atomic E-state index is 13.6. The Bertz CT molecular complexity index is 1180. The number of hydrogen-bond acceptors (Lipinski definition) is 5. The molecule has 1 amide bonds. The van der Waals surface area contributed by atoms with E-state index in [4.69, 9.17) is 4.74 Å². The predicted molar refractivity (Wildman–Crippen MR) is 109 cm³/mol. The summed E-state index contributed by atoms with van der Waals surface area (Å²) in [5, 5.41) is 8.58. The van der Waals surface area contributed by atoms with Gasteiger partial charge >= 0.3 is 0 Å². The van der Waals surface area contributed by atoms with Crippen LogP contribution in [0.3, 0.4) is 0 Å². The molecule has 1 N–H and O–H groups in total. The Morgan fingerprint density at radius 2 is 1.97 bits per heavy atom. The first kappa shape index (κ1) is 19.7. The normalized spacial score (nSPS) is 10.7. The van der Waals surface area contributed by atoms with Gasteiger partial charge in [0, 0.05) is 5.56 Å². The summed E-state index contributed by atoms with van der Waals surface area (Å²) in [6.07, 6.45) is 1.46. The molecule has 0 spiro atoms. The summed E-state index contributed by atoms with van der Waals surface area (Å²) in [5.74, 6) is -0.823. The fourth-order valence-corrected chi connectivity index (χ4v) is 3.50. The first-order valence-corrected chi connectivity index (χ1v) is 9.85. The minimum atomic E-state index is -0.439. The van der Waals surface area contributed by atoms with Gasteiger partial charge in [-0.05, 0) is 41.3 Å². The molecule has 30 heavy (non-hydrogen) atoms. The Hall–Kier alpha value is -3.59. The summed E-state index contributed by atoms with van der Waals surface area (Å²) in [4.78, 5) is 16.9. The highest BCUT2D eigenvalue weighted by Crippen LogP contribution is 2.20. The second-order valence-electron chi connectivity index (χ2n) is 6.39. The molecule has 0 aliphatic carbocycles. The molecule has 152 valence electrons. The Kier molecular flexibility index (Phi) is 5.80. The van der Waals surface area contributed by atoms with Gasteiger partial charge < -0.3 is 4.74 Å². The van der Waals surface area contributed by atoms with Crippen molar-refractivity contribution < 1.29 is 18.3 Å². The van der Waals surface area contributed by atoms with E-state index in [1.807, 2.05) is 0 Å². The number of aromatic nitrogens is 3. The highest BCUT2D eigenvalue weighted by molar-refractivity contribution is 7.12. The number of nitrogens with one attached hydrogen (secondary N) is 1. The van der Waals surface area contributed by atoms with E-state index in [2.05, 4.69) is 15.4 Å². The summed E-state index contributed by atoms with van der Waals surface area (Å²) in [7, 11) is 0. The van der Waals surface area contributed by atoms with Crippen molar-refractivity contribution in [3.63, 3.8) is 0 Å². The number of ether oxygens (including phenoxy) is 1. The van der Waals surface area contributed by atoms with Gasteiger partial charge in [-0.3, -0.25) is 10.1 Å². The van der Waals surface area contributed by atoms with Crippen molar-refractivity contribution in [2.45, 2.75) is 13.2 Å². The second kappa shape index (κ2) is 8.83. The van der Waals surface area contributed by atoms with Gasteiger partial charge in [0.2, 0.25) is 5.95 Å². The standard InChI is InChI=1S/C21H16F2N4O2S/c22-16-5-3-4-14(8-16)10-27-13-24-21(26-27)25-20(28)19-9-15(12-30-19)11-29-18-7-2-1-6-17(18)23/h1-9,12-13H,10-11H2,(H,25,26,28). The number of amides is 1. The summed E-state index contributed by atoms with van der Waals surface area (Å²) in [6.45, 7) is 0.475. The lowest BCUT2D eigenvalue weighted by molar-refractivity contribution is 0.102. The molecule has 4 rings (SSSR count). The van der Waals surface area contributed by atoms with E-state index in [9.17, 15) is 13.6 Å². The van der Waals surface area contributed by atoms with Crippen LogP contribution in [-0.2, 0) is 13.2 Å². The molecule has 2 aromatic carbocycles. The van der Waals surface area contributed by atoms with Crippen LogP contribution in [0.1, 0.15) is 20.8 Å². The molecule has 4 aromatic rings. The van der Waals surface area contributed by atoms with Crippen LogP contribution in [0, 0.1) is 11.6 Å². The maximum absolute atomic E-state index is 13.6. The van der Waals surface area contributed by atoms with Crippen LogP contribution in [0.4, 0.5) is 14.7 Å². The molecule has 0 saturated heterocycles. The zero-order valence-electron chi connectivity index (χ0n) is 15.6. The number of rotatable bonds is 7. The average molecular weight is 426 g/mol. The lowest BCUT2D eigenvalue weighted by Gasteiger charge is -2.05. The van der Waals surface area contributed by atoms with Gasteiger partial charge in [-0.1, -0.05) is 24.3 Å². The van der Waals surface area contributed by atoms with Crippen LogP contribution in [0.5, 0.6) is 5.75 Å². The monoisotopic (exact) mass is 426 g/mol. The van der Waals surface area contributed by atoms with Crippen LogP contribution in [0.2, 0.25) is 0 Å². The summed E-state index contributed by atoms with van der Waals surface area (Å²) >= 11 is 1.24. The summed E-state index contributed by atoms with van der Waals surface area (Å²) < 4.78 is 33.8. The van der Waals surface area contributed by atoms with Crippen molar-refractivity contribution >= 4 is 23.2 Å². The highest BCUT2D eigenvalue weighted by Gasteiger charge is 2.13. The fraction of sp³-hybridized carbons (Fsp3) is 0.0952. The minimum Gasteiger partial charge on any atom is -0.486 e. The van der Waals surface area contributed by atoms with Crippen LogP contribution in [0.25, 0.3) is 0 Å². The van der Waals surface area contributed by atoms with Crippen LogP contribution >= 0.6 is 11.3 Å². The molecule has 2 aromatic heterocycles. The topological polar surface area (TPSA) is 69.0 Å². The van der Waals surface area contributed by atoms with Crippen LogP contribution < -0.4 is 10.1 Å². The van der Waals surface area contributed by atoms with E-state index < -0.39 is 5.82 Å². The first-order valence-electron chi connectivity index (χ1n) is 8.97. The van der Waals surface area contributed by atoms with Gasteiger partial charge in [0.15, 0.2) is 11.6 Å². The summed E-state index contributed by atoms with van der Waals surface area (Å²) in [5.41, 5.74) is 1.48. The SMILES string of the molecule is O=C(Nc1ncn(Cc2cccc(F)c2)n1)c1cc(COc2ccccc2F)cs1. The van der Waals surface area contributed by atoms with E-state index >= 15 is 0 Å². The number of para-hydroxylation sites is 1. The highest BCUT2D eigenvalue weighted by atomic mass is 32.1. The van der Waals surface area contributed by atoms with Gasteiger partial charge in [-0.2, -0.15) is 0 Å². The number of benzene rings is 2. The molecule has 2 heterocycles. The van der Waals surface area contributed by atoms with Crippen LogP contribution in [-0.4, -0.2) is 20.7 Å². The van der Waals surface area contributed by atoms with Crippen LogP contribution in [0.15, 0.2) is 66.3 Å². The van der Waals surface area contributed by atoms with Gasteiger partial charge in [0.25, 0.3) is 5.91 Å². The van der Waals surface area contributed by atoms with E-state index in [1.54, 1.807) is 41.8 Å². The molecule has 0 atom stereocenters. The van der Waals surface area contributed by atoms with Gasteiger partial charge in [-0.15, -0.1) is 16.4 Å². The van der Waals surface area contributed by atoms with Crippen molar-refractivity contribution in [1.82, 2.24) is 14.8 Å².